The highest BCUT2D eigenvalue weighted by atomic mass is 35.5. The zero-order valence-corrected chi connectivity index (χ0v) is 24.0. The van der Waals surface area contributed by atoms with Crippen molar-refractivity contribution in [3.8, 4) is 0 Å². The molecule has 12 heteroatoms. The maximum atomic E-state index is 13.6. The highest BCUT2D eigenvalue weighted by Crippen LogP contribution is 2.40. The van der Waals surface area contributed by atoms with Gasteiger partial charge >= 0.3 is 5.97 Å². The second kappa shape index (κ2) is 12.9. The van der Waals surface area contributed by atoms with Gasteiger partial charge in [0.1, 0.15) is 12.1 Å². The normalized spacial score (nSPS) is 20.0. The van der Waals surface area contributed by atoms with Crippen LogP contribution in [-0.4, -0.2) is 61.8 Å². The lowest BCUT2D eigenvalue weighted by atomic mass is 9.74. The number of carbonyl (C=O) groups excluding carboxylic acids is 3. The monoisotopic (exact) mass is 609 g/mol. The Morgan fingerprint density at radius 3 is 2.24 bits per heavy atom. The molecular formula is C30H29Cl2N5O5. The topological polar surface area (TPSA) is 142 Å². The van der Waals surface area contributed by atoms with Crippen LogP contribution in [0, 0.1) is 5.92 Å². The van der Waals surface area contributed by atoms with Crippen LogP contribution in [0.15, 0.2) is 61.2 Å². The van der Waals surface area contributed by atoms with Crippen molar-refractivity contribution in [1.82, 2.24) is 20.2 Å². The lowest BCUT2D eigenvalue weighted by molar-refractivity contribution is -0.154. The molecule has 2 aliphatic heterocycles. The standard InChI is InChI=1S/C30H29Cl2N5O5/c31-22-15-34-16-23(32)26(22)28(39)35-20-7-3-17(4-8-20)12-24(30(41)42)36-29(40)27-19-5-9-21(10-6-19)37(27)25(38)13-18-2-1-11-33-14-18/h1-4,7-8,11,14-16,19,21,24,27H,5-6,9-10,12-13H2,(H,35,39)(H,36,40)(H,41,42)/t19?,21?,24-,27-/m0/s1. The number of carbonyl (C=O) groups is 4. The van der Waals surface area contributed by atoms with Crippen molar-refractivity contribution in [3.63, 3.8) is 0 Å². The largest absolute Gasteiger partial charge is 0.480 e. The summed E-state index contributed by atoms with van der Waals surface area (Å²) < 4.78 is 0. The second-order valence-electron chi connectivity index (χ2n) is 10.6. The Kier molecular flexibility index (Phi) is 9.03. The number of hydrogen-bond acceptors (Lipinski definition) is 6. The Morgan fingerprint density at radius 1 is 0.929 bits per heavy atom. The van der Waals surface area contributed by atoms with Crippen LogP contribution in [0.4, 0.5) is 5.69 Å². The number of fused-ring (bicyclic) bond motifs is 3. The van der Waals surface area contributed by atoms with E-state index in [1.54, 1.807) is 47.6 Å². The first-order valence-electron chi connectivity index (χ1n) is 13.6. The molecule has 3 amide bonds. The van der Waals surface area contributed by atoms with Crippen LogP contribution in [0.25, 0.3) is 0 Å². The van der Waals surface area contributed by atoms with Gasteiger partial charge in [-0.2, -0.15) is 0 Å². The van der Waals surface area contributed by atoms with E-state index in [2.05, 4.69) is 20.6 Å². The number of aliphatic carboxylic acids is 1. The summed E-state index contributed by atoms with van der Waals surface area (Å²) in [6.45, 7) is 0. The molecule has 3 aliphatic rings. The smallest absolute Gasteiger partial charge is 0.326 e. The van der Waals surface area contributed by atoms with E-state index < -0.39 is 29.9 Å². The van der Waals surface area contributed by atoms with E-state index in [0.717, 1.165) is 31.2 Å². The Morgan fingerprint density at radius 2 is 1.62 bits per heavy atom. The van der Waals surface area contributed by atoms with Gasteiger partial charge in [-0.05, 0) is 60.9 Å². The van der Waals surface area contributed by atoms with Crippen LogP contribution >= 0.6 is 23.2 Å². The minimum absolute atomic E-state index is 0.0156. The van der Waals surface area contributed by atoms with Gasteiger partial charge in [0, 0.05) is 42.9 Å². The first kappa shape index (κ1) is 29.5. The molecule has 0 radical (unpaired) electrons. The molecule has 2 atom stereocenters. The van der Waals surface area contributed by atoms with Crippen molar-refractivity contribution in [3.05, 3.63) is 87.9 Å². The summed E-state index contributed by atoms with van der Waals surface area (Å²) in [6.07, 6.45) is 9.36. The number of carboxylic acid groups (broad SMARTS) is 1. The summed E-state index contributed by atoms with van der Waals surface area (Å²) in [4.78, 5) is 61.4. The Bertz CT molecular complexity index is 1460. The fourth-order valence-electron chi connectivity index (χ4n) is 5.86. The number of nitrogens with one attached hydrogen (secondary N) is 2. The van der Waals surface area contributed by atoms with Gasteiger partial charge in [-0.1, -0.05) is 41.4 Å². The van der Waals surface area contributed by atoms with Crippen LogP contribution in [0.2, 0.25) is 10.0 Å². The first-order valence-corrected chi connectivity index (χ1v) is 14.4. The highest BCUT2D eigenvalue weighted by molar-refractivity contribution is 6.40. The van der Waals surface area contributed by atoms with Crippen LogP contribution in [0.3, 0.4) is 0 Å². The predicted molar refractivity (Wildman–Crippen MR) is 156 cm³/mol. The maximum Gasteiger partial charge on any atom is 0.326 e. The van der Waals surface area contributed by atoms with Gasteiger partial charge < -0.3 is 20.6 Å². The maximum absolute atomic E-state index is 13.6. The van der Waals surface area contributed by atoms with Crippen molar-refractivity contribution < 1.29 is 24.3 Å². The van der Waals surface area contributed by atoms with Crippen molar-refractivity contribution in [2.45, 2.75) is 56.7 Å². The number of rotatable bonds is 9. The van der Waals surface area contributed by atoms with Gasteiger partial charge in [-0.3, -0.25) is 24.4 Å². The van der Waals surface area contributed by atoms with E-state index in [0.29, 0.717) is 11.3 Å². The molecule has 3 fully saturated rings. The summed E-state index contributed by atoms with van der Waals surface area (Å²) in [5.74, 6) is -2.33. The minimum Gasteiger partial charge on any atom is -0.480 e. The zero-order chi connectivity index (χ0) is 29.8. The predicted octanol–water partition coefficient (Wildman–Crippen LogP) is 4.16. The Labute approximate surface area is 252 Å². The Balaban J connectivity index is 1.25. The highest BCUT2D eigenvalue weighted by Gasteiger charge is 2.47. The molecule has 218 valence electrons. The summed E-state index contributed by atoms with van der Waals surface area (Å²) in [6, 6.07) is 8.20. The molecule has 0 spiro atoms. The van der Waals surface area contributed by atoms with Gasteiger partial charge in [-0.15, -0.1) is 0 Å². The third-order valence-electron chi connectivity index (χ3n) is 7.86. The van der Waals surface area contributed by atoms with Crippen molar-refractivity contribution in [1.29, 1.82) is 0 Å². The van der Waals surface area contributed by atoms with Crippen LogP contribution in [0.1, 0.15) is 47.2 Å². The molecule has 1 aliphatic carbocycles. The molecule has 42 heavy (non-hydrogen) atoms. The first-order chi connectivity index (χ1) is 20.2. The summed E-state index contributed by atoms with van der Waals surface area (Å²) in [7, 11) is 0. The molecule has 3 N–H and O–H groups in total. The third-order valence-corrected chi connectivity index (χ3v) is 8.44. The number of carboxylic acids is 1. The Hall–Kier alpha value is -4.02. The number of hydrogen-bond donors (Lipinski definition) is 3. The van der Waals surface area contributed by atoms with Gasteiger partial charge in [0.2, 0.25) is 11.8 Å². The quantitative estimate of drug-likeness (QED) is 0.331. The molecule has 3 aromatic rings. The second-order valence-corrected chi connectivity index (χ2v) is 11.4. The van der Waals surface area contributed by atoms with Crippen molar-refractivity contribution in [2.75, 3.05) is 5.32 Å². The van der Waals surface area contributed by atoms with Gasteiger partial charge in [0.15, 0.2) is 0 Å². The summed E-state index contributed by atoms with van der Waals surface area (Å²) in [5, 5.41) is 15.6. The van der Waals surface area contributed by atoms with Gasteiger partial charge in [0.25, 0.3) is 5.91 Å². The molecule has 1 saturated carbocycles. The van der Waals surface area contributed by atoms with E-state index >= 15 is 0 Å². The molecule has 2 aromatic heterocycles. The molecule has 4 heterocycles. The van der Waals surface area contributed by atoms with E-state index in [1.165, 1.54) is 12.4 Å². The molecule has 2 bridgehead atoms. The number of piperidine rings is 2. The van der Waals surface area contributed by atoms with Crippen LogP contribution < -0.4 is 10.6 Å². The molecular weight excluding hydrogens is 581 g/mol. The average Bonchev–Trinajstić information content (AvgIpc) is 2.98. The lowest BCUT2D eigenvalue weighted by Gasteiger charge is -2.50. The number of halogens is 2. The molecule has 1 aromatic carbocycles. The number of benzene rings is 1. The third kappa shape index (κ3) is 6.55. The number of nitrogens with zero attached hydrogens (tertiary/aromatic N) is 3. The van der Waals surface area contributed by atoms with Crippen molar-refractivity contribution in [2.24, 2.45) is 5.92 Å². The van der Waals surface area contributed by atoms with E-state index in [1.807, 2.05) is 6.07 Å². The fraction of sp³-hybridized carbons (Fsp3) is 0.333. The molecule has 6 rings (SSSR count). The number of amides is 3. The number of aromatic nitrogens is 2. The molecule has 2 saturated heterocycles. The zero-order valence-electron chi connectivity index (χ0n) is 22.5. The minimum atomic E-state index is -1.21. The van der Waals surface area contributed by atoms with Crippen LogP contribution in [0.5, 0.6) is 0 Å². The number of pyridine rings is 2. The van der Waals surface area contributed by atoms with E-state index in [9.17, 15) is 24.3 Å². The molecule has 10 nitrogen and oxygen atoms in total. The summed E-state index contributed by atoms with van der Waals surface area (Å²) >= 11 is 12.1. The van der Waals surface area contributed by atoms with Gasteiger partial charge in [0.05, 0.1) is 22.0 Å². The van der Waals surface area contributed by atoms with Crippen molar-refractivity contribution >= 4 is 52.6 Å². The van der Waals surface area contributed by atoms with Crippen LogP contribution in [-0.2, 0) is 27.2 Å². The summed E-state index contributed by atoms with van der Waals surface area (Å²) in [5.41, 5.74) is 1.94. The average molecular weight is 610 g/mol. The molecule has 0 unspecified atom stereocenters. The SMILES string of the molecule is O=C(Nc1ccc(C[C@H](NC(=O)[C@@H]2C3CCC(CC3)N2C(=O)Cc2cccnc2)C(=O)O)cc1)c1c(Cl)cncc1Cl. The van der Waals surface area contributed by atoms with E-state index in [-0.39, 0.29) is 46.3 Å². The number of anilines is 1. The van der Waals surface area contributed by atoms with Gasteiger partial charge in [-0.25, -0.2) is 4.79 Å². The lowest BCUT2D eigenvalue weighted by Crippen LogP contribution is -2.64. The van der Waals surface area contributed by atoms with E-state index in [4.69, 9.17) is 23.2 Å². The fourth-order valence-corrected chi connectivity index (χ4v) is 6.39.